The molecule has 0 aromatic heterocycles. The van der Waals surface area contributed by atoms with Crippen LogP contribution < -0.4 is 0 Å². The van der Waals surface area contributed by atoms with Crippen LogP contribution in [0.1, 0.15) is 87.8 Å². The minimum absolute atomic E-state index is 1.07. The number of hydrogen-bond acceptors (Lipinski definition) is 0. The molecule has 3 rings (SSSR count). The number of fused-ring (bicyclic) bond motifs is 3. The summed E-state index contributed by atoms with van der Waals surface area (Å²) in [6, 6.07) is 16.8. The van der Waals surface area contributed by atoms with E-state index in [9.17, 15) is 0 Å². The van der Waals surface area contributed by atoms with Gasteiger partial charge in [-0.3, -0.25) is 0 Å². The fourth-order valence-corrected chi connectivity index (χ4v) is 4.20. The highest BCUT2D eigenvalue weighted by molar-refractivity contribution is 5.79. The van der Waals surface area contributed by atoms with Gasteiger partial charge < -0.3 is 0 Å². The minimum Gasteiger partial charge on any atom is -0.0654 e. The fraction of sp³-hybridized carbons (Fsp3) is 0.520. The SMILES string of the molecule is CCCCCCCCCCCCc1cccc2c1-c1ccc[c]c1C2. The molecule has 2 aromatic rings. The molecule has 0 nitrogen and oxygen atoms in total. The Morgan fingerprint density at radius 2 is 1.52 bits per heavy atom. The molecule has 0 N–H and O–H groups in total. The Bertz CT molecular complexity index is 653. The lowest BCUT2D eigenvalue weighted by Crippen LogP contribution is -1.92. The van der Waals surface area contributed by atoms with Crippen LogP contribution in [-0.2, 0) is 12.8 Å². The summed E-state index contributed by atoms with van der Waals surface area (Å²) in [7, 11) is 0. The normalized spacial score (nSPS) is 12.2. The van der Waals surface area contributed by atoms with Crippen LogP contribution in [-0.4, -0.2) is 0 Å². The van der Waals surface area contributed by atoms with Crippen molar-refractivity contribution in [1.82, 2.24) is 0 Å². The zero-order chi connectivity index (χ0) is 17.3. The van der Waals surface area contributed by atoms with Crippen molar-refractivity contribution < 1.29 is 0 Å². The third-order valence-electron chi connectivity index (χ3n) is 5.62. The van der Waals surface area contributed by atoms with Gasteiger partial charge in [-0.25, -0.2) is 0 Å². The highest BCUT2D eigenvalue weighted by Gasteiger charge is 2.20. The number of benzene rings is 2. The van der Waals surface area contributed by atoms with Crippen LogP contribution >= 0.6 is 0 Å². The number of unbranched alkanes of at least 4 members (excludes halogenated alkanes) is 9. The van der Waals surface area contributed by atoms with Crippen LogP contribution in [0.2, 0.25) is 0 Å². The molecule has 0 unspecified atom stereocenters. The molecule has 1 aliphatic carbocycles. The Kier molecular flexibility index (Phi) is 7.15. The molecule has 0 spiro atoms. The summed E-state index contributed by atoms with van der Waals surface area (Å²) in [5, 5.41) is 0. The van der Waals surface area contributed by atoms with Crippen LogP contribution in [0.3, 0.4) is 0 Å². The molecule has 0 aliphatic heterocycles. The lowest BCUT2D eigenvalue weighted by Gasteiger charge is -2.10. The first kappa shape index (κ1) is 18.2. The second-order valence-electron chi connectivity index (χ2n) is 7.62. The monoisotopic (exact) mass is 333 g/mol. The summed E-state index contributed by atoms with van der Waals surface area (Å²) in [6.07, 6.45) is 16.4. The van der Waals surface area contributed by atoms with Gasteiger partial charge in [0.15, 0.2) is 0 Å². The molecule has 25 heavy (non-hydrogen) atoms. The summed E-state index contributed by atoms with van der Waals surface area (Å²) in [5.41, 5.74) is 7.39. The predicted molar refractivity (Wildman–Crippen MR) is 109 cm³/mol. The molecule has 0 saturated carbocycles. The smallest absolute Gasteiger partial charge is 0.000718 e. The molecule has 0 heteroatoms. The third kappa shape index (κ3) is 4.97. The van der Waals surface area contributed by atoms with E-state index in [4.69, 9.17) is 0 Å². The zero-order valence-corrected chi connectivity index (χ0v) is 15.9. The molecule has 0 atom stereocenters. The van der Waals surface area contributed by atoms with E-state index in [1.807, 2.05) is 6.07 Å². The Balaban J connectivity index is 1.40. The fourth-order valence-electron chi connectivity index (χ4n) is 4.20. The molecule has 0 saturated heterocycles. The van der Waals surface area contributed by atoms with Crippen LogP contribution in [0, 0.1) is 6.07 Å². The summed E-state index contributed by atoms with van der Waals surface area (Å²) in [6.45, 7) is 2.29. The van der Waals surface area contributed by atoms with Gasteiger partial charge in [-0.1, -0.05) is 101 Å². The van der Waals surface area contributed by atoms with E-state index in [1.165, 1.54) is 92.9 Å². The lowest BCUT2D eigenvalue weighted by molar-refractivity contribution is 0.556. The van der Waals surface area contributed by atoms with Crippen LogP contribution in [0.15, 0.2) is 36.4 Å². The van der Waals surface area contributed by atoms with Gasteiger partial charge in [-0.15, -0.1) is 0 Å². The molecular formula is C25H33. The summed E-state index contributed by atoms with van der Waals surface area (Å²) in [4.78, 5) is 0. The average molecular weight is 334 g/mol. The molecule has 0 fully saturated rings. The largest absolute Gasteiger partial charge is 0.0654 e. The molecular weight excluding hydrogens is 300 g/mol. The third-order valence-corrected chi connectivity index (χ3v) is 5.62. The van der Waals surface area contributed by atoms with Crippen molar-refractivity contribution in [2.45, 2.75) is 84.0 Å². The van der Waals surface area contributed by atoms with Gasteiger partial charge in [-0.2, -0.15) is 0 Å². The Morgan fingerprint density at radius 3 is 2.28 bits per heavy atom. The van der Waals surface area contributed by atoms with Gasteiger partial charge in [0.25, 0.3) is 0 Å². The van der Waals surface area contributed by atoms with Crippen molar-refractivity contribution in [2.75, 3.05) is 0 Å². The molecule has 0 bridgehead atoms. The molecule has 2 aromatic carbocycles. The first-order valence-electron chi connectivity index (χ1n) is 10.5. The highest BCUT2D eigenvalue weighted by Crippen LogP contribution is 2.39. The first-order chi connectivity index (χ1) is 12.4. The standard InChI is InChI=1S/C25H33/c1-2-3-4-5-6-7-8-9-10-11-15-21-17-14-18-23-20-22-16-12-13-19-24(22)25(21)23/h12-14,17-19H,2-11,15,20H2,1H3. The molecule has 0 amide bonds. The first-order valence-corrected chi connectivity index (χ1v) is 10.5. The van der Waals surface area contributed by atoms with Crippen molar-refractivity contribution in [3.8, 4) is 11.1 Å². The van der Waals surface area contributed by atoms with E-state index in [0.29, 0.717) is 0 Å². The Hall–Kier alpha value is -1.56. The van der Waals surface area contributed by atoms with Gasteiger partial charge >= 0.3 is 0 Å². The zero-order valence-electron chi connectivity index (χ0n) is 15.9. The minimum atomic E-state index is 1.07. The number of aryl methyl sites for hydroxylation is 1. The molecule has 1 aliphatic rings. The van der Waals surface area contributed by atoms with Gasteiger partial charge in [0.05, 0.1) is 0 Å². The summed E-state index contributed by atoms with van der Waals surface area (Å²) in [5.74, 6) is 0. The van der Waals surface area contributed by atoms with Gasteiger partial charge in [-0.05, 0) is 53.1 Å². The van der Waals surface area contributed by atoms with E-state index in [0.717, 1.165) is 6.42 Å². The van der Waals surface area contributed by atoms with E-state index in [1.54, 1.807) is 5.56 Å². The topological polar surface area (TPSA) is 0 Å². The van der Waals surface area contributed by atoms with Crippen LogP contribution in [0.5, 0.6) is 0 Å². The maximum atomic E-state index is 3.43. The van der Waals surface area contributed by atoms with Crippen molar-refractivity contribution in [3.63, 3.8) is 0 Å². The highest BCUT2D eigenvalue weighted by atomic mass is 14.2. The van der Waals surface area contributed by atoms with Crippen molar-refractivity contribution in [2.24, 2.45) is 0 Å². The van der Waals surface area contributed by atoms with Crippen molar-refractivity contribution in [1.29, 1.82) is 0 Å². The lowest BCUT2D eigenvalue weighted by atomic mass is 9.95. The second-order valence-corrected chi connectivity index (χ2v) is 7.62. The average Bonchev–Trinajstić information content (AvgIpc) is 3.02. The van der Waals surface area contributed by atoms with E-state index < -0.39 is 0 Å². The summed E-state index contributed by atoms with van der Waals surface area (Å²) >= 11 is 0. The van der Waals surface area contributed by atoms with E-state index in [-0.39, 0.29) is 0 Å². The number of hydrogen-bond donors (Lipinski definition) is 0. The second kappa shape index (κ2) is 9.80. The maximum absolute atomic E-state index is 3.43. The van der Waals surface area contributed by atoms with Gasteiger partial charge in [0.2, 0.25) is 0 Å². The van der Waals surface area contributed by atoms with Gasteiger partial charge in [0, 0.05) is 0 Å². The quantitative estimate of drug-likeness (QED) is 0.318. The van der Waals surface area contributed by atoms with Gasteiger partial charge in [0.1, 0.15) is 0 Å². The summed E-state index contributed by atoms with van der Waals surface area (Å²) < 4.78 is 0. The van der Waals surface area contributed by atoms with E-state index in [2.05, 4.69) is 43.3 Å². The Labute approximate surface area is 154 Å². The number of rotatable bonds is 11. The van der Waals surface area contributed by atoms with Crippen molar-refractivity contribution in [3.05, 3.63) is 59.2 Å². The Morgan fingerprint density at radius 1 is 0.800 bits per heavy atom. The van der Waals surface area contributed by atoms with Crippen molar-refractivity contribution >= 4 is 0 Å². The maximum Gasteiger partial charge on any atom is -0.000718 e. The molecule has 0 heterocycles. The van der Waals surface area contributed by atoms with Crippen LogP contribution in [0.25, 0.3) is 11.1 Å². The van der Waals surface area contributed by atoms with Crippen LogP contribution in [0.4, 0.5) is 0 Å². The predicted octanol–water partition coefficient (Wildman–Crippen LogP) is 7.52. The molecule has 133 valence electrons. The van der Waals surface area contributed by atoms with E-state index >= 15 is 0 Å². The molecule has 1 radical (unpaired) electrons.